The van der Waals surface area contributed by atoms with E-state index in [1.807, 2.05) is 0 Å². The summed E-state index contributed by atoms with van der Waals surface area (Å²) in [4.78, 5) is 1.48. The van der Waals surface area contributed by atoms with E-state index < -0.39 is 0 Å². The van der Waals surface area contributed by atoms with Crippen LogP contribution in [0.4, 0.5) is 0 Å². The van der Waals surface area contributed by atoms with Crippen LogP contribution in [0.25, 0.3) is 0 Å². The summed E-state index contributed by atoms with van der Waals surface area (Å²) >= 11 is 2.10. The molecule has 1 saturated carbocycles. The topological polar surface area (TPSA) is 12.0 Å². The quantitative estimate of drug-likeness (QED) is 0.807. The van der Waals surface area contributed by atoms with Gasteiger partial charge in [0.05, 0.1) is 0 Å². The third kappa shape index (κ3) is 5.14. The zero-order valence-corrected chi connectivity index (χ0v) is 14.3. The van der Waals surface area contributed by atoms with Gasteiger partial charge in [0.25, 0.3) is 0 Å². The van der Waals surface area contributed by atoms with Gasteiger partial charge in [0.1, 0.15) is 0 Å². The van der Waals surface area contributed by atoms with E-state index in [1.54, 1.807) is 0 Å². The first-order valence-electron chi connectivity index (χ1n) is 7.95. The fourth-order valence-electron chi connectivity index (χ4n) is 2.68. The molecule has 1 fully saturated rings. The van der Waals surface area contributed by atoms with E-state index in [9.17, 15) is 0 Å². The standard InChI is InChI=1S/C18H29NS/c1-14-12-15(13-19-18(2,3)4)10-11-17(14)20-16-8-6-5-7-9-16/h10-12,16,19H,5-9,13H2,1-4H3. The van der Waals surface area contributed by atoms with Crippen LogP contribution in [-0.2, 0) is 6.54 Å². The summed E-state index contributed by atoms with van der Waals surface area (Å²) in [6, 6.07) is 6.97. The molecular weight excluding hydrogens is 262 g/mol. The summed E-state index contributed by atoms with van der Waals surface area (Å²) in [6.07, 6.45) is 7.08. The lowest BCUT2D eigenvalue weighted by Crippen LogP contribution is -2.35. The molecule has 2 rings (SSSR count). The summed E-state index contributed by atoms with van der Waals surface area (Å²) < 4.78 is 0. The molecule has 20 heavy (non-hydrogen) atoms. The highest BCUT2D eigenvalue weighted by Gasteiger charge is 2.15. The summed E-state index contributed by atoms with van der Waals surface area (Å²) in [5.74, 6) is 0. The van der Waals surface area contributed by atoms with E-state index in [-0.39, 0.29) is 5.54 Å². The molecule has 1 N–H and O–H groups in total. The molecule has 0 spiro atoms. The maximum absolute atomic E-state index is 3.56. The first kappa shape index (κ1) is 15.9. The summed E-state index contributed by atoms with van der Waals surface area (Å²) in [6.45, 7) is 9.86. The van der Waals surface area contributed by atoms with Crippen molar-refractivity contribution in [2.24, 2.45) is 0 Å². The van der Waals surface area contributed by atoms with Crippen LogP contribution in [0.1, 0.15) is 64.0 Å². The van der Waals surface area contributed by atoms with Crippen molar-refractivity contribution >= 4 is 11.8 Å². The van der Waals surface area contributed by atoms with Crippen molar-refractivity contribution in [1.82, 2.24) is 5.32 Å². The van der Waals surface area contributed by atoms with Gasteiger partial charge in [-0.15, -0.1) is 11.8 Å². The zero-order chi connectivity index (χ0) is 14.6. The molecule has 1 aromatic carbocycles. The molecule has 0 unspecified atom stereocenters. The molecule has 112 valence electrons. The van der Waals surface area contributed by atoms with E-state index in [4.69, 9.17) is 0 Å². The van der Waals surface area contributed by atoms with Crippen molar-refractivity contribution in [2.45, 2.75) is 82.0 Å². The van der Waals surface area contributed by atoms with Gasteiger partial charge in [0.15, 0.2) is 0 Å². The van der Waals surface area contributed by atoms with Crippen LogP contribution in [0.5, 0.6) is 0 Å². The van der Waals surface area contributed by atoms with Crippen LogP contribution in [0.3, 0.4) is 0 Å². The Balaban J connectivity index is 1.94. The molecule has 0 aliphatic heterocycles. The molecule has 0 amide bonds. The van der Waals surface area contributed by atoms with Crippen LogP contribution in [0.15, 0.2) is 23.1 Å². The predicted octanol–water partition coefficient (Wildman–Crippen LogP) is 5.31. The van der Waals surface area contributed by atoms with E-state index in [0.29, 0.717) is 0 Å². The maximum Gasteiger partial charge on any atom is 0.0210 e. The minimum atomic E-state index is 0.184. The summed E-state index contributed by atoms with van der Waals surface area (Å²) in [5.41, 5.74) is 3.02. The van der Waals surface area contributed by atoms with Crippen LogP contribution in [0, 0.1) is 6.92 Å². The molecule has 0 aromatic heterocycles. The smallest absolute Gasteiger partial charge is 0.0210 e. The van der Waals surface area contributed by atoms with E-state index in [2.05, 4.69) is 63.0 Å². The molecule has 1 aliphatic carbocycles. The Kier molecular flexibility index (Phi) is 5.57. The first-order chi connectivity index (χ1) is 9.44. The van der Waals surface area contributed by atoms with Gasteiger partial charge in [-0.25, -0.2) is 0 Å². The Morgan fingerprint density at radius 1 is 1.15 bits per heavy atom. The van der Waals surface area contributed by atoms with E-state index in [1.165, 1.54) is 48.1 Å². The van der Waals surface area contributed by atoms with Crippen molar-refractivity contribution in [2.75, 3.05) is 0 Å². The van der Waals surface area contributed by atoms with Gasteiger partial charge in [-0.3, -0.25) is 0 Å². The van der Waals surface area contributed by atoms with Crippen molar-refractivity contribution in [3.63, 3.8) is 0 Å². The Hall–Kier alpha value is -0.470. The number of thioether (sulfide) groups is 1. The van der Waals surface area contributed by atoms with E-state index in [0.717, 1.165) is 11.8 Å². The highest BCUT2D eigenvalue weighted by atomic mass is 32.2. The number of rotatable bonds is 4. The van der Waals surface area contributed by atoms with Gasteiger partial charge in [0.2, 0.25) is 0 Å². The van der Waals surface area contributed by atoms with Crippen LogP contribution >= 0.6 is 11.8 Å². The lowest BCUT2D eigenvalue weighted by Gasteiger charge is -2.23. The SMILES string of the molecule is Cc1cc(CNC(C)(C)C)ccc1SC1CCCCC1. The molecule has 0 heterocycles. The molecule has 0 bridgehead atoms. The number of hydrogen-bond donors (Lipinski definition) is 1. The lowest BCUT2D eigenvalue weighted by molar-refractivity contribution is 0.424. The largest absolute Gasteiger partial charge is 0.308 e. The third-order valence-corrected chi connectivity index (χ3v) is 5.42. The number of hydrogen-bond acceptors (Lipinski definition) is 2. The summed E-state index contributed by atoms with van der Waals surface area (Å²) in [5, 5.41) is 4.41. The van der Waals surface area contributed by atoms with Gasteiger partial charge in [-0.2, -0.15) is 0 Å². The Labute approximate surface area is 128 Å². The minimum Gasteiger partial charge on any atom is -0.308 e. The second kappa shape index (κ2) is 7.00. The normalized spacial score (nSPS) is 17.4. The highest BCUT2D eigenvalue weighted by molar-refractivity contribution is 8.00. The van der Waals surface area contributed by atoms with Gasteiger partial charge >= 0.3 is 0 Å². The molecule has 0 radical (unpaired) electrons. The minimum absolute atomic E-state index is 0.184. The van der Waals surface area contributed by atoms with Gasteiger partial charge < -0.3 is 5.32 Å². The molecule has 0 saturated heterocycles. The van der Waals surface area contributed by atoms with Crippen LogP contribution < -0.4 is 5.32 Å². The molecule has 2 heteroatoms. The van der Waals surface area contributed by atoms with Crippen molar-refractivity contribution in [3.05, 3.63) is 29.3 Å². The lowest BCUT2D eigenvalue weighted by atomic mass is 10.0. The van der Waals surface area contributed by atoms with Crippen LogP contribution in [0.2, 0.25) is 0 Å². The predicted molar refractivity (Wildman–Crippen MR) is 90.5 cm³/mol. The highest BCUT2D eigenvalue weighted by Crippen LogP contribution is 2.35. The van der Waals surface area contributed by atoms with Crippen molar-refractivity contribution in [1.29, 1.82) is 0 Å². The van der Waals surface area contributed by atoms with Gasteiger partial charge in [-0.05, 0) is 57.7 Å². The molecule has 1 nitrogen and oxygen atoms in total. The second-order valence-electron chi connectivity index (χ2n) is 7.08. The number of benzene rings is 1. The summed E-state index contributed by atoms with van der Waals surface area (Å²) in [7, 11) is 0. The Bertz CT molecular complexity index is 428. The van der Waals surface area contributed by atoms with Gasteiger partial charge in [0, 0.05) is 22.2 Å². The second-order valence-corrected chi connectivity index (χ2v) is 8.42. The average Bonchev–Trinajstić information content (AvgIpc) is 2.40. The molecule has 0 atom stereocenters. The Morgan fingerprint density at radius 3 is 2.45 bits per heavy atom. The fraction of sp³-hybridized carbons (Fsp3) is 0.667. The fourth-order valence-corrected chi connectivity index (χ4v) is 4.00. The number of nitrogens with one attached hydrogen (secondary N) is 1. The zero-order valence-electron chi connectivity index (χ0n) is 13.5. The molecular formula is C18H29NS. The van der Waals surface area contributed by atoms with Crippen LogP contribution in [-0.4, -0.2) is 10.8 Å². The molecule has 1 aliphatic rings. The first-order valence-corrected chi connectivity index (χ1v) is 8.83. The maximum atomic E-state index is 3.56. The Morgan fingerprint density at radius 2 is 1.85 bits per heavy atom. The van der Waals surface area contributed by atoms with Gasteiger partial charge in [-0.1, -0.05) is 31.4 Å². The third-order valence-electron chi connectivity index (χ3n) is 3.91. The average molecular weight is 292 g/mol. The molecule has 1 aromatic rings. The van der Waals surface area contributed by atoms with E-state index >= 15 is 0 Å². The number of aryl methyl sites for hydroxylation is 1. The van der Waals surface area contributed by atoms with Crippen molar-refractivity contribution < 1.29 is 0 Å². The van der Waals surface area contributed by atoms with Crippen molar-refractivity contribution in [3.8, 4) is 0 Å². The monoisotopic (exact) mass is 291 g/mol.